The molecule has 0 bridgehead atoms. The number of rotatable bonds is 12. The smallest absolute Gasteiger partial charge is 0.422 e. The Hall–Kier alpha value is -3.34. The lowest BCUT2D eigenvalue weighted by Gasteiger charge is -2.11. The molecule has 0 aliphatic carbocycles. The Balaban J connectivity index is 1.37. The molecule has 0 saturated heterocycles. The molecule has 4 rings (SSSR count). The second-order valence-electron chi connectivity index (χ2n) is 9.88. The minimum absolute atomic E-state index is 0.163. The van der Waals surface area contributed by atoms with Crippen molar-refractivity contribution in [2.24, 2.45) is 0 Å². The number of hydrogen-bond donors (Lipinski definition) is 0. The van der Waals surface area contributed by atoms with Crippen molar-refractivity contribution < 1.29 is 22.3 Å². The van der Waals surface area contributed by atoms with Crippen LogP contribution in [0, 0.1) is 5.82 Å². The molecule has 5 heteroatoms. The molecule has 4 aromatic carbocycles. The van der Waals surface area contributed by atoms with Gasteiger partial charge in [-0.05, 0) is 77.1 Å². The van der Waals surface area contributed by atoms with Gasteiger partial charge in [-0.1, -0.05) is 93.3 Å². The molecule has 4 aromatic rings. The molecule has 0 aliphatic rings. The van der Waals surface area contributed by atoms with E-state index in [0.29, 0.717) is 23.8 Å². The molecule has 0 aliphatic heterocycles. The van der Waals surface area contributed by atoms with Crippen LogP contribution in [-0.4, -0.2) is 12.8 Å². The zero-order valence-corrected chi connectivity index (χ0v) is 21.8. The van der Waals surface area contributed by atoms with Gasteiger partial charge >= 0.3 is 6.18 Å². The molecular weight excluding hydrogens is 488 g/mol. The summed E-state index contributed by atoms with van der Waals surface area (Å²) in [7, 11) is 0. The van der Waals surface area contributed by atoms with Crippen LogP contribution >= 0.6 is 0 Å². The van der Waals surface area contributed by atoms with Crippen molar-refractivity contribution in [3.63, 3.8) is 0 Å². The van der Waals surface area contributed by atoms with E-state index in [1.165, 1.54) is 49.8 Å². The van der Waals surface area contributed by atoms with Crippen LogP contribution in [0.25, 0.3) is 21.9 Å². The predicted molar refractivity (Wildman–Crippen MR) is 147 cm³/mol. The molecule has 200 valence electrons. The van der Waals surface area contributed by atoms with Crippen molar-refractivity contribution in [1.29, 1.82) is 0 Å². The molecule has 0 saturated carbocycles. The van der Waals surface area contributed by atoms with Crippen LogP contribution in [0.2, 0.25) is 0 Å². The largest absolute Gasteiger partial charge is 0.484 e. The normalized spacial score (nSPS) is 11.7. The molecule has 38 heavy (non-hydrogen) atoms. The first-order valence-electron chi connectivity index (χ1n) is 13.4. The summed E-state index contributed by atoms with van der Waals surface area (Å²) in [4.78, 5) is 0. The topological polar surface area (TPSA) is 9.23 Å². The highest BCUT2D eigenvalue weighted by Gasteiger charge is 2.28. The maximum Gasteiger partial charge on any atom is 0.422 e. The maximum atomic E-state index is 15.3. The number of alkyl halides is 3. The van der Waals surface area contributed by atoms with E-state index in [2.05, 4.69) is 31.2 Å². The van der Waals surface area contributed by atoms with E-state index in [0.717, 1.165) is 28.5 Å². The monoisotopic (exact) mass is 522 g/mol. The number of benzene rings is 4. The molecule has 0 N–H and O–H groups in total. The summed E-state index contributed by atoms with van der Waals surface area (Å²) in [6.07, 6.45) is 4.17. The van der Waals surface area contributed by atoms with Gasteiger partial charge in [0.25, 0.3) is 0 Å². The van der Waals surface area contributed by atoms with Gasteiger partial charge in [-0.25, -0.2) is 4.39 Å². The first kappa shape index (κ1) is 27.7. The Bertz CT molecular complexity index is 1310. The predicted octanol–water partition coefficient (Wildman–Crippen LogP) is 9.89. The van der Waals surface area contributed by atoms with Crippen molar-refractivity contribution in [2.75, 3.05) is 6.61 Å². The van der Waals surface area contributed by atoms with Gasteiger partial charge in [0.15, 0.2) is 6.61 Å². The lowest BCUT2D eigenvalue weighted by Crippen LogP contribution is -2.19. The van der Waals surface area contributed by atoms with Crippen LogP contribution in [0.3, 0.4) is 0 Å². The summed E-state index contributed by atoms with van der Waals surface area (Å²) in [5.41, 5.74) is 5.06. The van der Waals surface area contributed by atoms with Gasteiger partial charge in [0, 0.05) is 5.39 Å². The minimum Gasteiger partial charge on any atom is -0.484 e. The summed E-state index contributed by atoms with van der Waals surface area (Å²) in [5.74, 6) is -0.0617. The van der Waals surface area contributed by atoms with Crippen LogP contribution in [0.4, 0.5) is 17.6 Å². The molecule has 0 amide bonds. The summed E-state index contributed by atoms with van der Waals surface area (Å²) in [5, 5.41) is 1.45. The van der Waals surface area contributed by atoms with E-state index < -0.39 is 12.8 Å². The molecule has 0 aromatic heterocycles. The number of halogens is 4. The molecule has 0 radical (unpaired) electrons. The van der Waals surface area contributed by atoms with Crippen molar-refractivity contribution in [3.8, 4) is 16.9 Å². The third-order valence-corrected chi connectivity index (χ3v) is 6.90. The Morgan fingerprint density at radius 3 is 2.03 bits per heavy atom. The summed E-state index contributed by atoms with van der Waals surface area (Å²) in [6.45, 7) is 0.911. The molecular formula is C33H34F4O. The summed E-state index contributed by atoms with van der Waals surface area (Å²) in [6, 6.07) is 24.8. The van der Waals surface area contributed by atoms with Crippen LogP contribution in [0.15, 0.2) is 78.9 Å². The number of aryl methyl sites for hydroxylation is 3. The zero-order chi connectivity index (χ0) is 27.0. The van der Waals surface area contributed by atoms with Crippen molar-refractivity contribution in [1.82, 2.24) is 0 Å². The van der Waals surface area contributed by atoms with Crippen LogP contribution in [-0.2, 0) is 19.3 Å². The first-order chi connectivity index (χ1) is 18.3. The fraction of sp³-hybridized carbons (Fsp3) is 0.333. The molecule has 0 fully saturated rings. The van der Waals surface area contributed by atoms with Crippen molar-refractivity contribution in [3.05, 3.63) is 101 Å². The standard InChI is InChI=1S/C33H34F4O/c1-2-3-4-5-6-7-24-8-13-26(14-9-24)28-18-21-31-29(22-28)17-16-27(32(31)34)15-10-25-11-19-30(20-12-25)38-23-33(35,36)37/h8-9,11-14,16-22H,2-7,10,15,23H2,1H3. The average Bonchev–Trinajstić information content (AvgIpc) is 2.92. The van der Waals surface area contributed by atoms with Crippen LogP contribution < -0.4 is 4.74 Å². The molecule has 0 atom stereocenters. The molecule has 1 nitrogen and oxygen atoms in total. The SMILES string of the molecule is CCCCCCCc1ccc(-c2ccc3c(F)c(CCc4ccc(OCC(F)(F)F)cc4)ccc3c2)cc1. The molecule has 0 unspecified atom stereocenters. The number of hydrogen-bond acceptors (Lipinski definition) is 1. The van der Waals surface area contributed by atoms with E-state index in [4.69, 9.17) is 4.74 Å². The van der Waals surface area contributed by atoms with Gasteiger partial charge in [-0.15, -0.1) is 0 Å². The van der Waals surface area contributed by atoms with E-state index in [-0.39, 0.29) is 11.6 Å². The number of unbranched alkanes of at least 4 members (excludes halogenated alkanes) is 4. The summed E-state index contributed by atoms with van der Waals surface area (Å²) < 4.78 is 57.0. The van der Waals surface area contributed by atoms with Crippen molar-refractivity contribution >= 4 is 10.8 Å². The van der Waals surface area contributed by atoms with Gasteiger partial charge in [-0.3, -0.25) is 0 Å². The second kappa shape index (κ2) is 12.9. The van der Waals surface area contributed by atoms with E-state index in [1.807, 2.05) is 30.3 Å². The second-order valence-corrected chi connectivity index (χ2v) is 9.88. The Labute approximate surface area is 222 Å². The Morgan fingerprint density at radius 1 is 0.658 bits per heavy atom. The van der Waals surface area contributed by atoms with Gasteiger partial charge < -0.3 is 4.74 Å². The van der Waals surface area contributed by atoms with Gasteiger partial charge in [0.05, 0.1) is 0 Å². The summed E-state index contributed by atoms with van der Waals surface area (Å²) >= 11 is 0. The fourth-order valence-corrected chi connectivity index (χ4v) is 4.70. The zero-order valence-electron chi connectivity index (χ0n) is 21.8. The van der Waals surface area contributed by atoms with Crippen LogP contribution in [0.1, 0.15) is 55.7 Å². The highest BCUT2D eigenvalue weighted by molar-refractivity contribution is 5.88. The average molecular weight is 523 g/mol. The third kappa shape index (κ3) is 7.83. The quantitative estimate of drug-likeness (QED) is 0.133. The van der Waals surface area contributed by atoms with E-state index in [1.54, 1.807) is 12.1 Å². The molecule has 0 spiro atoms. The van der Waals surface area contributed by atoms with E-state index >= 15 is 4.39 Å². The fourth-order valence-electron chi connectivity index (χ4n) is 4.70. The Kier molecular flexibility index (Phi) is 9.43. The minimum atomic E-state index is -4.37. The van der Waals surface area contributed by atoms with Crippen LogP contribution in [0.5, 0.6) is 5.75 Å². The highest BCUT2D eigenvalue weighted by atomic mass is 19.4. The number of fused-ring (bicyclic) bond motifs is 1. The first-order valence-corrected chi connectivity index (χ1v) is 13.4. The van der Waals surface area contributed by atoms with Crippen molar-refractivity contribution in [2.45, 2.75) is 64.5 Å². The van der Waals surface area contributed by atoms with Gasteiger partial charge in [-0.2, -0.15) is 13.2 Å². The maximum absolute atomic E-state index is 15.3. The molecule has 0 heterocycles. The van der Waals surface area contributed by atoms with Gasteiger partial charge in [0.1, 0.15) is 11.6 Å². The van der Waals surface area contributed by atoms with Gasteiger partial charge in [0.2, 0.25) is 0 Å². The number of ether oxygens (including phenoxy) is 1. The lowest BCUT2D eigenvalue weighted by molar-refractivity contribution is -0.153. The lowest BCUT2D eigenvalue weighted by atomic mass is 9.96. The Morgan fingerprint density at radius 2 is 1.32 bits per heavy atom. The highest BCUT2D eigenvalue weighted by Crippen LogP contribution is 2.29. The third-order valence-electron chi connectivity index (χ3n) is 6.90. The van der Waals surface area contributed by atoms with E-state index in [9.17, 15) is 13.2 Å².